The molecule has 1 aliphatic heterocycles. The van der Waals surface area contributed by atoms with Crippen molar-refractivity contribution in [1.82, 2.24) is 4.90 Å². The third kappa shape index (κ3) is 6.22. The van der Waals surface area contributed by atoms with Crippen molar-refractivity contribution in [3.63, 3.8) is 0 Å². The molecule has 0 N–H and O–H groups in total. The molecule has 0 aromatic heterocycles. The Morgan fingerprint density at radius 1 is 1.11 bits per heavy atom. The molecule has 36 heavy (non-hydrogen) atoms. The zero-order chi connectivity index (χ0) is 25.7. The molecule has 1 heterocycles. The van der Waals surface area contributed by atoms with E-state index in [0.717, 1.165) is 6.42 Å². The van der Waals surface area contributed by atoms with Gasteiger partial charge in [0, 0.05) is 11.6 Å². The summed E-state index contributed by atoms with van der Waals surface area (Å²) in [7, 11) is 1.51. The SMILES string of the molecule is CCCN1C(=O)/C(=C/c2cc(Cl)c(OCc3cccc(F)c3)c(OC)c2)SC1=Nc1ccc(Cl)cc1. The molecule has 3 aromatic carbocycles. The van der Waals surface area contributed by atoms with E-state index in [4.69, 9.17) is 32.7 Å². The van der Waals surface area contributed by atoms with Crippen molar-refractivity contribution in [3.8, 4) is 11.5 Å². The van der Waals surface area contributed by atoms with Crippen LogP contribution in [0.15, 0.2) is 70.6 Å². The van der Waals surface area contributed by atoms with Gasteiger partial charge in [0.15, 0.2) is 16.7 Å². The lowest BCUT2D eigenvalue weighted by Gasteiger charge is -2.14. The van der Waals surface area contributed by atoms with Crippen LogP contribution in [0.25, 0.3) is 6.08 Å². The third-order valence-electron chi connectivity index (χ3n) is 5.21. The van der Waals surface area contributed by atoms with E-state index in [1.54, 1.807) is 59.5 Å². The van der Waals surface area contributed by atoms with Crippen LogP contribution in [0, 0.1) is 5.82 Å². The van der Waals surface area contributed by atoms with Crippen molar-refractivity contribution in [1.29, 1.82) is 0 Å². The second-order valence-corrected chi connectivity index (χ2v) is 9.74. The Kier molecular flexibility index (Phi) is 8.56. The quantitative estimate of drug-likeness (QED) is 0.272. The van der Waals surface area contributed by atoms with Crippen molar-refractivity contribution in [2.24, 2.45) is 4.99 Å². The molecule has 0 radical (unpaired) electrons. The first-order valence-electron chi connectivity index (χ1n) is 11.2. The Hall–Kier alpha value is -3.00. The molecule has 5 nitrogen and oxygen atoms in total. The van der Waals surface area contributed by atoms with Gasteiger partial charge in [-0.05, 0) is 83.9 Å². The number of carbonyl (C=O) groups excluding carboxylic acids is 1. The number of rotatable bonds is 8. The minimum atomic E-state index is -0.342. The summed E-state index contributed by atoms with van der Waals surface area (Å²) in [6, 6.07) is 16.7. The van der Waals surface area contributed by atoms with Crippen LogP contribution >= 0.6 is 35.0 Å². The normalized spacial score (nSPS) is 15.7. The molecule has 3 aromatic rings. The molecule has 0 bridgehead atoms. The highest BCUT2D eigenvalue weighted by Gasteiger charge is 2.33. The van der Waals surface area contributed by atoms with Crippen molar-refractivity contribution in [3.05, 3.63) is 92.6 Å². The van der Waals surface area contributed by atoms with Crippen molar-refractivity contribution < 1.29 is 18.7 Å². The number of amidine groups is 1. The minimum Gasteiger partial charge on any atom is -0.493 e. The van der Waals surface area contributed by atoms with Crippen LogP contribution < -0.4 is 9.47 Å². The van der Waals surface area contributed by atoms with Crippen LogP contribution in [0.2, 0.25) is 10.0 Å². The van der Waals surface area contributed by atoms with E-state index in [1.165, 1.54) is 31.0 Å². The third-order valence-corrected chi connectivity index (χ3v) is 6.75. The maximum absolute atomic E-state index is 13.5. The number of amides is 1. The average Bonchev–Trinajstić information content (AvgIpc) is 3.13. The first-order chi connectivity index (χ1) is 17.4. The second kappa shape index (κ2) is 11.8. The first-order valence-corrected chi connectivity index (χ1v) is 12.8. The summed E-state index contributed by atoms with van der Waals surface area (Å²) in [6.45, 7) is 2.68. The molecule has 1 aliphatic rings. The van der Waals surface area contributed by atoms with E-state index in [0.29, 0.717) is 55.0 Å². The number of benzene rings is 3. The highest BCUT2D eigenvalue weighted by Crippen LogP contribution is 2.40. The number of thioether (sulfide) groups is 1. The first kappa shape index (κ1) is 26.1. The molecule has 0 aliphatic carbocycles. The lowest BCUT2D eigenvalue weighted by molar-refractivity contribution is -0.122. The summed E-state index contributed by atoms with van der Waals surface area (Å²) in [5.74, 6) is 0.275. The monoisotopic (exact) mass is 544 g/mol. The van der Waals surface area contributed by atoms with Crippen LogP contribution in [0.1, 0.15) is 24.5 Å². The van der Waals surface area contributed by atoms with Gasteiger partial charge in [-0.15, -0.1) is 0 Å². The maximum Gasteiger partial charge on any atom is 0.266 e. The van der Waals surface area contributed by atoms with Crippen molar-refractivity contribution in [2.45, 2.75) is 20.0 Å². The summed E-state index contributed by atoms with van der Waals surface area (Å²) in [5, 5.41) is 1.53. The summed E-state index contributed by atoms with van der Waals surface area (Å²) in [4.78, 5) is 20.0. The van der Waals surface area contributed by atoms with E-state index in [2.05, 4.69) is 4.99 Å². The van der Waals surface area contributed by atoms with Crippen LogP contribution in [0.4, 0.5) is 10.1 Å². The molecule has 1 amide bonds. The van der Waals surface area contributed by atoms with Gasteiger partial charge in [0.05, 0.1) is 22.7 Å². The van der Waals surface area contributed by atoms with Gasteiger partial charge < -0.3 is 9.47 Å². The Balaban J connectivity index is 1.60. The van der Waals surface area contributed by atoms with Gasteiger partial charge in [-0.25, -0.2) is 9.38 Å². The molecule has 0 spiro atoms. The summed E-state index contributed by atoms with van der Waals surface area (Å²) in [6.07, 6.45) is 2.54. The fourth-order valence-electron chi connectivity index (χ4n) is 3.54. The van der Waals surface area contributed by atoms with Crippen molar-refractivity contribution in [2.75, 3.05) is 13.7 Å². The topological polar surface area (TPSA) is 51.1 Å². The van der Waals surface area contributed by atoms with Gasteiger partial charge in [0.25, 0.3) is 5.91 Å². The maximum atomic E-state index is 13.5. The fourth-order valence-corrected chi connectivity index (χ4v) is 4.96. The zero-order valence-corrected chi connectivity index (χ0v) is 22.0. The number of carbonyl (C=O) groups is 1. The Morgan fingerprint density at radius 2 is 1.89 bits per heavy atom. The van der Waals surface area contributed by atoms with Crippen LogP contribution in [-0.2, 0) is 11.4 Å². The molecule has 0 saturated carbocycles. The van der Waals surface area contributed by atoms with E-state index < -0.39 is 0 Å². The standard InChI is InChI=1S/C27H23Cl2FN2O3S/c1-3-11-32-26(33)24(36-27(32)31-21-9-7-19(28)8-10-21)15-18-13-22(29)25(23(14-18)34-2)35-16-17-5-4-6-20(30)12-17/h4-10,12-15H,3,11,16H2,1-2H3/b24-15-,31-27?. The predicted molar refractivity (Wildman–Crippen MR) is 145 cm³/mol. The lowest BCUT2D eigenvalue weighted by Crippen LogP contribution is -2.29. The molecule has 1 fully saturated rings. The lowest BCUT2D eigenvalue weighted by atomic mass is 10.1. The highest BCUT2D eigenvalue weighted by atomic mass is 35.5. The molecule has 186 valence electrons. The van der Waals surface area contributed by atoms with E-state index in [1.807, 2.05) is 6.92 Å². The van der Waals surface area contributed by atoms with Crippen LogP contribution in [-0.4, -0.2) is 29.6 Å². The van der Waals surface area contributed by atoms with Gasteiger partial charge >= 0.3 is 0 Å². The molecule has 1 saturated heterocycles. The largest absolute Gasteiger partial charge is 0.493 e. The summed E-state index contributed by atoms with van der Waals surface area (Å²) >= 11 is 13.8. The zero-order valence-electron chi connectivity index (χ0n) is 19.6. The molecule has 9 heteroatoms. The van der Waals surface area contributed by atoms with Gasteiger partial charge in [0.1, 0.15) is 12.4 Å². The Bertz CT molecular complexity index is 1330. The number of hydrogen-bond donors (Lipinski definition) is 0. The average molecular weight is 545 g/mol. The highest BCUT2D eigenvalue weighted by molar-refractivity contribution is 8.18. The molecule has 0 atom stereocenters. The Labute approximate surface area is 223 Å². The fraction of sp³-hybridized carbons (Fsp3) is 0.185. The number of hydrogen-bond acceptors (Lipinski definition) is 5. The minimum absolute atomic E-state index is 0.124. The summed E-state index contributed by atoms with van der Waals surface area (Å²) in [5.41, 5.74) is 2.05. The number of aliphatic imine (C=N–C) groups is 1. The Morgan fingerprint density at radius 3 is 2.58 bits per heavy atom. The van der Waals surface area contributed by atoms with Gasteiger partial charge in [-0.3, -0.25) is 9.69 Å². The van der Waals surface area contributed by atoms with Gasteiger partial charge in [-0.1, -0.05) is 42.3 Å². The predicted octanol–water partition coefficient (Wildman–Crippen LogP) is 7.73. The summed E-state index contributed by atoms with van der Waals surface area (Å²) < 4.78 is 24.8. The van der Waals surface area contributed by atoms with Gasteiger partial charge in [-0.2, -0.15) is 0 Å². The second-order valence-electron chi connectivity index (χ2n) is 7.89. The molecular weight excluding hydrogens is 522 g/mol. The molecule has 0 unspecified atom stereocenters. The number of nitrogens with zero attached hydrogens (tertiary/aromatic N) is 2. The van der Waals surface area contributed by atoms with Gasteiger partial charge in [0.2, 0.25) is 0 Å². The number of ether oxygens (including phenoxy) is 2. The van der Waals surface area contributed by atoms with E-state index in [9.17, 15) is 9.18 Å². The molecular formula is C27H23Cl2FN2O3S. The molecule has 4 rings (SSSR count). The van der Waals surface area contributed by atoms with Crippen molar-refractivity contribution >= 4 is 57.8 Å². The van der Waals surface area contributed by atoms with E-state index >= 15 is 0 Å². The smallest absolute Gasteiger partial charge is 0.266 e. The number of halogens is 3. The van der Waals surface area contributed by atoms with Crippen LogP contribution in [0.5, 0.6) is 11.5 Å². The van der Waals surface area contributed by atoms with E-state index in [-0.39, 0.29) is 18.3 Å². The number of methoxy groups -OCH3 is 1. The van der Waals surface area contributed by atoms with Crippen LogP contribution in [0.3, 0.4) is 0 Å².